The summed E-state index contributed by atoms with van der Waals surface area (Å²) >= 11 is 11.3. The number of carbonyl (C=O) groups excluding carboxylic acids is 2. The zero-order chi connectivity index (χ0) is 17.4. The van der Waals surface area contributed by atoms with Crippen molar-refractivity contribution in [3.63, 3.8) is 0 Å². The molecule has 0 aliphatic carbocycles. The zero-order valence-corrected chi connectivity index (χ0v) is 17.2. The SMILES string of the molecule is C=CCCCC(Cl)CC(=O)[O-].C=CCCCC(Cl)CC(=O)[O-].[Ca+2]. The molecule has 128 valence electrons. The van der Waals surface area contributed by atoms with Gasteiger partial charge in [0.2, 0.25) is 0 Å². The number of aliphatic carboxylic acids is 2. The first-order valence-corrected chi connectivity index (χ1v) is 8.10. The summed E-state index contributed by atoms with van der Waals surface area (Å²) in [6.07, 6.45) is 8.45. The summed E-state index contributed by atoms with van der Waals surface area (Å²) in [5.41, 5.74) is 0. The van der Waals surface area contributed by atoms with E-state index in [1.807, 2.05) is 0 Å². The number of carboxylic acids is 2. The van der Waals surface area contributed by atoms with E-state index in [4.69, 9.17) is 23.2 Å². The fourth-order valence-electron chi connectivity index (χ4n) is 1.53. The fourth-order valence-corrected chi connectivity index (χ4v) is 2.09. The predicted molar refractivity (Wildman–Crippen MR) is 92.4 cm³/mol. The molecule has 0 saturated carbocycles. The number of hydrogen-bond acceptors (Lipinski definition) is 4. The number of halogens is 2. The first-order valence-electron chi connectivity index (χ1n) is 7.23. The van der Waals surface area contributed by atoms with Gasteiger partial charge in [0.25, 0.3) is 0 Å². The first-order chi connectivity index (χ1) is 10.3. The topological polar surface area (TPSA) is 80.3 Å². The molecule has 0 bridgehead atoms. The molecule has 0 aromatic rings. The maximum absolute atomic E-state index is 10.0. The summed E-state index contributed by atoms with van der Waals surface area (Å²) in [6, 6.07) is 0. The van der Waals surface area contributed by atoms with Gasteiger partial charge in [-0.1, -0.05) is 12.2 Å². The Bertz CT molecular complexity index is 306. The van der Waals surface area contributed by atoms with Crippen LogP contribution in [0.15, 0.2) is 25.3 Å². The van der Waals surface area contributed by atoms with Gasteiger partial charge in [-0.05, 0) is 38.5 Å². The van der Waals surface area contributed by atoms with Crippen molar-refractivity contribution in [1.29, 1.82) is 0 Å². The van der Waals surface area contributed by atoms with Crippen molar-refractivity contribution in [2.24, 2.45) is 0 Å². The average Bonchev–Trinajstić information content (AvgIpc) is 2.38. The molecular formula is C16H24CaCl2O4. The number of rotatable bonds is 12. The van der Waals surface area contributed by atoms with Crippen LogP contribution in [0.5, 0.6) is 0 Å². The van der Waals surface area contributed by atoms with Crippen LogP contribution in [0.2, 0.25) is 0 Å². The van der Waals surface area contributed by atoms with Crippen LogP contribution in [0, 0.1) is 0 Å². The molecule has 0 aliphatic heterocycles. The van der Waals surface area contributed by atoms with Gasteiger partial charge in [0, 0.05) is 35.5 Å². The molecule has 0 rings (SSSR count). The van der Waals surface area contributed by atoms with E-state index in [1.165, 1.54) is 0 Å². The molecule has 0 fully saturated rings. The van der Waals surface area contributed by atoms with Crippen molar-refractivity contribution < 1.29 is 19.8 Å². The molecule has 0 aliphatic rings. The Hall–Kier alpha value is 0.260. The standard InChI is InChI=1S/2C8H13ClO2.Ca/c2*1-2-3-4-5-7(9)6-8(10)11;/h2*2,7H,1,3-6H2,(H,10,11);/q;;+2/p-2. The van der Waals surface area contributed by atoms with Crippen LogP contribution in [-0.4, -0.2) is 60.4 Å². The number of hydrogen-bond donors (Lipinski definition) is 0. The van der Waals surface area contributed by atoms with Gasteiger partial charge in [-0.3, -0.25) is 0 Å². The normalized spacial score (nSPS) is 11.9. The minimum Gasteiger partial charge on any atom is -0.550 e. The average molecular weight is 391 g/mol. The maximum atomic E-state index is 10.0. The third kappa shape index (κ3) is 27.4. The molecule has 4 nitrogen and oxygen atoms in total. The van der Waals surface area contributed by atoms with Gasteiger partial charge in [-0.15, -0.1) is 36.4 Å². The molecule has 0 heterocycles. The second kappa shape index (κ2) is 20.3. The summed E-state index contributed by atoms with van der Waals surface area (Å²) in [7, 11) is 0. The monoisotopic (exact) mass is 390 g/mol. The number of alkyl halides is 2. The van der Waals surface area contributed by atoms with Crippen LogP contribution in [0.3, 0.4) is 0 Å². The summed E-state index contributed by atoms with van der Waals surface area (Å²) in [4.78, 5) is 20.1. The Morgan fingerprint density at radius 3 is 1.39 bits per heavy atom. The molecule has 0 N–H and O–H groups in total. The van der Waals surface area contributed by atoms with Gasteiger partial charge in [-0.25, -0.2) is 0 Å². The van der Waals surface area contributed by atoms with Crippen LogP contribution in [0.25, 0.3) is 0 Å². The van der Waals surface area contributed by atoms with E-state index in [1.54, 1.807) is 12.2 Å². The van der Waals surface area contributed by atoms with E-state index in [0.717, 1.165) is 25.7 Å². The van der Waals surface area contributed by atoms with E-state index in [2.05, 4.69) is 13.2 Å². The largest absolute Gasteiger partial charge is 2.00 e. The molecular weight excluding hydrogens is 367 g/mol. The van der Waals surface area contributed by atoms with Crippen molar-refractivity contribution in [3.8, 4) is 0 Å². The molecule has 7 heteroatoms. The molecule has 0 amide bonds. The Labute approximate surface area is 178 Å². The molecule has 0 aromatic carbocycles. The Balaban J connectivity index is -0.000000333. The van der Waals surface area contributed by atoms with E-state index >= 15 is 0 Å². The van der Waals surface area contributed by atoms with E-state index in [9.17, 15) is 19.8 Å². The second-order valence-corrected chi connectivity index (χ2v) is 6.02. The minimum atomic E-state index is -1.08. The van der Waals surface area contributed by atoms with E-state index < -0.39 is 11.9 Å². The van der Waals surface area contributed by atoms with Crippen molar-refractivity contribution >= 4 is 72.9 Å². The number of unbranched alkanes of at least 4 members (excludes halogenated alkanes) is 2. The summed E-state index contributed by atoms with van der Waals surface area (Å²) < 4.78 is 0. The van der Waals surface area contributed by atoms with Gasteiger partial charge >= 0.3 is 37.7 Å². The minimum absolute atomic E-state index is 0. The van der Waals surface area contributed by atoms with Crippen molar-refractivity contribution in [1.82, 2.24) is 0 Å². The van der Waals surface area contributed by atoms with Crippen molar-refractivity contribution in [2.45, 2.75) is 62.1 Å². The number of carboxylic acid groups (broad SMARTS) is 2. The Morgan fingerprint density at radius 2 is 1.17 bits per heavy atom. The number of carbonyl (C=O) groups is 2. The smallest absolute Gasteiger partial charge is 0.550 e. The molecule has 2 atom stereocenters. The third-order valence-corrected chi connectivity index (χ3v) is 3.37. The van der Waals surface area contributed by atoms with Crippen LogP contribution in [0.4, 0.5) is 0 Å². The first kappa shape index (κ1) is 28.1. The molecule has 0 spiro atoms. The third-order valence-electron chi connectivity index (χ3n) is 2.63. The van der Waals surface area contributed by atoms with E-state index in [-0.39, 0.29) is 61.3 Å². The van der Waals surface area contributed by atoms with Gasteiger partial charge in [0.1, 0.15) is 0 Å². The van der Waals surface area contributed by atoms with E-state index in [0.29, 0.717) is 12.8 Å². The van der Waals surface area contributed by atoms with Crippen LogP contribution >= 0.6 is 23.2 Å². The molecule has 23 heavy (non-hydrogen) atoms. The van der Waals surface area contributed by atoms with Gasteiger partial charge in [0.05, 0.1) is 0 Å². The summed E-state index contributed by atoms with van der Waals surface area (Å²) in [6.45, 7) is 7.09. The van der Waals surface area contributed by atoms with Crippen LogP contribution in [-0.2, 0) is 9.59 Å². The zero-order valence-electron chi connectivity index (χ0n) is 13.5. The molecule has 2 unspecified atom stereocenters. The van der Waals surface area contributed by atoms with Crippen molar-refractivity contribution in [2.75, 3.05) is 0 Å². The number of allylic oxidation sites excluding steroid dienone is 2. The fraction of sp³-hybridized carbons (Fsp3) is 0.625. The molecule has 0 saturated heterocycles. The Morgan fingerprint density at radius 1 is 0.870 bits per heavy atom. The molecule has 0 aromatic heterocycles. The molecule has 0 radical (unpaired) electrons. The second-order valence-electron chi connectivity index (χ2n) is 4.79. The maximum Gasteiger partial charge on any atom is 2.00 e. The van der Waals surface area contributed by atoms with Gasteiger partial charge in [0.15, 0.2) is 0 Å². The summed E-state index contributed by atoms with van der Waals surface area (Å²) in [5, 5.41) is 19.5. The van der Waals surface area contributed by atoms with Crippen LogP contribution in [0.1, 0.15) is 51.4 Å². The Kier molecular flexibility index (Phi) is 24.8. The predicted octanol–water partition coefficient (Wildman–Crippen LogP) is 1.80. The van der Waals surface area contributed by atoms with Gasteiger partial charge in [-0.2, -0.15) is 0 Å². The van der Waals surface area contributed by atoms with Gasteiger partial charge < -0.3 is 19.8 Å². The van der Waals surface area contributed by atoms with Crippen LogP contribution < -0.4 is 10.2 Å². The quantitative estimate of drug-likeness (QED) is 0.220. The van der Waals surface area contributed by atoms with Crippen molar-refractivity contribution in [3.05, 3.63) is 25.3 Å². The summed E-state index contributed by atoms with van der Waals surface area (Å²) in [5.74, 6) is -2.16.